The van der Waals surface area contributed by atoms with Crippen molar-refractivity contribution >= 4 is 69.4 Å². The van der Waals surface area contributed by atoms with Gasteiger partial charge in [-0.25, -0.2) is 0 Å². The average molecular weight is 423 g/mol. The number of rotatable bonds is 3. The number of amides is 2. The molecular formula is C18H12Cl2N2O2S2. The van der Waals surface area contributed by atoms with Crippen LogP contribution in [0.3, 0.4) is 0 Å². The number of nitrogens with zero attached hydrogens (tertiary/aromatic N) is 1. The lowest BCUT2D eigenvalue weighted by atomic mass is 10.1. The average Bonchev–Trinajstić information content (AvgIpc) is 2.84. The van der Waals surface area contributed by atoms with E-state index < -0.39 is 11.8 Å². The lowest BCUT2D eigenvalue weighted by Gasteiger charge is -2.16. The van der Waals surface area contributed by atoms with E-state index in [0.29, 0.717) is 20.5 Å². The van der Waals surface area contributed by atoms with Gasteiger partial charge in [-0.15, -0.1) is 0 Å². The Morgan fingerprint density at radius 3 is 2.62 bits per heavy atom. The molecule has 3 rings (SSSR count). The second-order valence-corrected chi connectivity index (χ2v) is 7.95. The smallest absolute Gasteiger partial charge is 0.267 e. The van der Waals surface area contributed by atoms with E-state index >= 15 is 0 Å². The van der Waals surface area contributed by atoms with Crippen molar-refractivity contribution in [3.63, 3.8) is 0 Å². The van der Waals surface area contributed by atoms with Gasteiger partial charge in [-0.1, -0.05) is 59.2 Å². The van der Waals surface area contributed by atoms with Crippen LogP contribution in [0.4, 0.5) is 0 Å². The Hall–Kier alpha value is -1.86. The number of halogens is 2. The summed E-state index contributed by atoms with van der Waals surface area (Å²) in [6.07, 6.45) is 1.65. The van der Waals surface area contributed by atoms with Crippen LogP contribution < -0.4 is 5.43 Å². The monoisotopic (exact) mass is 422 g/mol. The Morgan fingerprint density at radius 1 is 1.19 bits per heavy atom. The summed E-state index contributed by atoms with van der Waals surface area (Å²) in [6, 6.07) is 12.2. The molecular weight excluding hydrogens is 411 g/mol. The lowest BCUT2D eigenvalue weighted by molar-refractivity contribution is -0.123. The maximum atomic E-state index is 12.6. The van der Waals surface area contributed by atoms with Gasteiger partial charge in [0, 0.05) is 5.02 Å². The second-order valence-electron chi connectivity index (χ2n) is 5.46. The zero-order valence-corrected chi connectivity index (χ0v) is 16.6. The number of thioether (sulfide) groups is 1. The van der Waals surface area contributed by atoms with Crippen molar-refractivity contribution in [2.75, 3.05) is 0 Å². The van der Waals surface area contributed by atoms with E-state index in [2.05, 4.69) is 5.43 Å². The van der Waals surface area contributed by atoms with Gasteiger partial charge in [-0.2, -0.15) is 5.01 Å². The largest absolute Gasteiger partial charge is 0.285 e. The number of aryl methyl sites for hydroxylation is 1. The van der Waals surface area contributed by atoms with Crippen molar-refractivity contribution in [3.8, 4) is 0 Å². The maximum Gasteiger partial charge on any atom is 0.285 e. The molecule has 1 aliphatic rings. The molecule has 4 nitrogen and oxygen atoms in total. The van der Waals surface area contributed by atoms with Gasteiger partial charge in [-0.3, -0.25) is 15.0 Å². The maximum absolute atomic E-state index is 12.6. The van der Waals surface area contributed by atoms with Crippen molar-refractivity contribution in [1.29, 1.82) is 0 Å². The quantitative estimate of drug-likeness (QED) is 0.567. The van der Waals surface area contributed by atoms with E-state index in [0.717, 1.165) is 22.3 Å². The summed E-state index contributed by atoms with van der Waals surface area (Å²) in [4.78, 5) is 25.4. The fraction of sp³-hybridized carbons (Fsp3) is 0.0556. The molecule has 2 aromatic rings. The summed E-state index contributed by atoms with van der Waals surface area (Å²) in [5.41, 5.74) is 4.40. The minimum Gasteiger partial charge on any atom is -0.267 e. The third-order valence-electron chi connectivity index (χ3n) is 3.57. The fourth-order valence-electron chi connectivity index (χ4n) is 2.26. The number of carbonyl (C=O) groups excluding carboxylic acids is 2. The van der Waals surface area contributed by atoms with E-state index in [1.807, 2.05) is 13.0 Å². The van der Waals surface area contributed by atoms with Crippen LogP contribution in [0.5, 0.6) is 0 Å². The molecule has 0 bridgehead atoms. The summed E-state index contributed by atoms with van der Waals surface area (Å²) in [5, 5.41) is 1.87. The molecule has 1 N–H and O–H groups in total. The molecule has 132 valence electrons. The summed E-state index contributed by atoms with van der Waals surface area (Å²) < 4.78 is 0.227. The highest BCUT2D eigenvalue weighted by molar-refractivity contribution is 8.26. The fourth-order valence-corrected chi connectivity index (χ4v) is 3.95. The molecule has 0 atom stereocenters. The Balaban J connectivity index is 1.81. The third-order valence-corrected chi connectivity index (χ3v) is 5.53. The number of hydrogen-bond acceptors (Lipinski definition) is 4. The Morgan fingerprint density at radius 2 is 1.92 bits per heavy atom. The Bertz CT molecular complexity index is 960. The zero-order chi connectivity index (χ0) is 18.8. The molecule has 0 saturated carbocycles. The lowest BCUT2D eigenvalue weighted by Crippen LogP contribution is -2.44. The van der Waals surface area contributed by atoms with Crippen LogP contribution in [0.2, 0.25) is 10.0 Å². The highest BCUT2D eigenvalue weighted by Gasteiger charge is 2.34. The van der Waals surface area contributed by atoms with Gasteiger partial charge in [0.1, 0.15) is 0 Å². The van der Waals surface area contributed by atoms with Crippen LogP contribution in [0.25, 0.3) is 6.08 Å². The first-order valence-electron chi connectivity index (χ1n) is 7.46. The zero-order valence-electron chi connectivity index (χ0n) is 13.5. The predicted molar refractivity (Wildman–Crippen MR) is 110 cm³/mol. The summed E-state index contributed by atoms with van der Waals surface area (Å²) in [5.74, 6) is -0.929. The summed E-state index contributed by atoms with van der Waals surface area (Å²) >= 11 is 18.5. The number of hydrogen-bond donors (Lipinski definition) is 1. The van der Waals surface area contributed by atoms with E-state index in [1.165, 1.54) is 0 Å². The van der Waals surface area contributed by atoms with Gasteiger partial charge >= 0.3 is 0 Å². The minimum absolute atomic E-state index is 0.227. The van der Waals surface area contributed by atoms with Crippen LogP contribution in [0.15, 0.2) is 47.4 Å². The van der Waals surface area contributed by atoms with Crippen molar-refractivity contribution in [2.45, 2.75) is 6.92 Å². The molecule has 1 fully saturated rings. The summed E-state index contributed by atoms with van der Waals surface area (Å²) in [7, 11) is 0. The first-order chi connectivity index (χ1) is 12.4. The van der Waals surface area contributed by atoms with E-state index in [9.17, 15) is 9.59 Å². The van der Waals surface area contributed by atoms with Gasteiger partial charge in [0.2, 0.25) is 0 Å². The first kappa shape index (κ1) is 18.9. The number of benzene rings is 2. The number of hydrazine groups is 1. The van der Waals surface area contributed by atoms with Crippen LogP contribution in [-0.4, -0.2) is 21.1 Å². The highest BCUT2D eigenvalue weighted by atomic mass is 35.5. The molecule has 1 saturated heterocycles. The molecule has 0 unspecified atom stereocenters. The molecule has 0 aliphatic carbocycles. The molecule has 0 spiro atoms. The van der Waals surface area contributed by atoms with E-state index in [1.54, 1.807) is 42.5 Å². The topological polar surface area (TPSA) is 49.4 Å². The normalized spacial score (nSPS) is 15.7. The van der Waals surface area contributed by atoms with E-state index in [4.69, 9.17) is 35.4 Å². The number of carbonyl (C=O) groups is 2. The van der Waals surface area contributed by atoms with E-state index in [-0.39, 0.29) is 9.88 Å². The molecule has 0 radical (unpaired) electrons. The Kier molecular flexibility index (Phi) is 5.67. The van der Waals surface area contributed by atoms with Gasteiger partial charge in [-0.05, 0) is 54.5 Å². The molecule has 1 aliphatic heterocycles. The SMILES string of the molecule is Cc1ccc(C(=O)NN2C(=O)/C(=C\c3ccccc3Cl)SC2=S)c(Cl)c1. The Labute approximate surface area is 170 Å². The van der Waals surface area contributed by atoms with Gasteiger partial charge in [0.25, 0.3) is 11.8 Å². The molecule has 2 amide bonds. The molecule has 0 aromatic heterocycles. The third kappa shape index (κ3) is 3.94. The second kappa shape index (κ2) is 7.80. The molecule has 26 heavy (non-hydrogen) atoms. The molecule has 1 heterocycles. The predicted octanol–water partition coefficient (Wildman–Crippen LogP) is 4.85. The highest BCUT2D eigenvalue weighted by Crippen LogP contribution is 2.33. The van der Waals surface area contributed by atoms with Crippen molar-refractivity contribution in [2.24, 2.45) is 0 Å². The standard InChI is InChI=1S/C18H12Cl2N2O2S2/c1-10-6-7-12(14(20)8-10)16(23)21-22-17(24)15(26-18(22)25)9-11-4-2-3-5-13(11)19/h2-9H,1H3,(H,21,23)/b15-9+. The molecule has 8 heteroatoms. The van der Waals surface area contributed by atoms with Gasteiger partial charge in [0.15, 0.2) is 4.32 Å². The van der Waals surface area contributed by atoms with Gasteiger partial charge < -0.3 is 0 Å². The van der Waals surface area contributed by atoms with Crippen molar-refractivity contribution < 1.29 is 9.59 Å². The van der Waals surface area contributed by atoms with Crippen molar-refractivity contribution in [3.05, 3.63) is 74.1 Å². The number of thiocarbonyl (C=S) groups is 1. The van der Waals surface area contributed by atoms with Crippen LogP contribution in [0.1, 0.15) is 21.5 Å². The number of nitrogens with one attached hydrogen (secondary N) is 1. The van der Waals surface area contributed by atoms with Crippen LogP contribution >= 0.6 is 47.2 Å². The van der Waals surface area contributed by atoms with Crippen molar-refractivity contribution in [1.82, 2.24) is 10.4 Å². The molecule has 2 aromatic carbocycles. The minimum atomic E-state index is -0.509. The first-order valence-corrected chi connectivity index (χ1v) is 9.44. The van der Waals surface area contributed by atoms with Crippen LogP contribution in [0, 0.1) is 6.92 Å². The summed E-state index contributed by atoms with van der Waals surface area (Å²) in [6.45, 7) is 1.87. The van der Waals surface area contributed by atoms with Crippen LogP contribution in [-0.2, 0) is 4.79 Å². The van der Waals surface area contributed by atoms with Gasteiger partial charge in [0.05, 0.1) is 15.5 Å².